The second kappa shape index (κ2) is 41.7. The number of carbonyl (C=O) groups excluding carboxylic acids is 1. The molecule has 0 aromatic carbocycles. The number of phosphoric ester groups is 1. The zero-order valence-electron chi connectivity index (χ0n) is 35.9. The van der Waals surface area contributed by atoms with Crippen molar-refractivity contribution in [3.63, 3.8) is 0 Å². The summed E-state index contributed by atoms with van der Waals surface area (Å²) >= 11 is 0. The van der Waals surface area contributed by atoms with Crippen LogP contribution in [0.25, 0.3) is 0 Å². The minimum Gasteiger partial charge on any atom is -0.498 e. The van der Waals surface area contributed by atoms with E-state index in [2.05, 4.69) is 56.4 Å². The van der Waals surface area contributed by atoms with Crippen molar-refractivity contribution >= 4 is 19.8 Å². The van der Waals surface area contributed by atoms with Crippen molar-refractivity contribution in [1.82, 2.24) is 0 Å². The molecule has 0 heterocycles. The third-order valence-electron chi connectivity index (χ3n) is 9.36. The molecule has 330 valence electrons. The lowest BCUT2D eigenvalue weighted by Gasteiger charge is -2.20. The Hall–Kier alpha value is -2.49. The summed E-state index contributed by atoms with van der Waals surface area (Å²) in [6.07, 6.45) is 50.8. The van der Waals surface area contributed by atoms with Crippen LogP contribution >= 0.6 is 7.82 Å². The average Bonchev–Trinajstić information content (AvgIpc) is 3.19. The van der Waals surface area contributed by atoms with E-state index in [1.54, 1.807) is 6.26 Å². The Morgan fingerprint density at radius 3 is 1.47 bits per heavy atom. The number of hydrogen-bond acceptors (Lipinski definition) is 8. The highest BCUT2D eigenvalue weighted by Crippen LogP contribution is 2.43. The van der Waals surface area contributed by atoms with Crippen LogP contribution in [0, 0.1) is 0 Å². The summed E-state index contributed by atoms with van der Waals surface area (Å²) in [4.78, 5) is 33.5. The van der Waals surface area contributed by atoms with E-state index in [1.807, 2.05) is 12.2 Å². The fraction of sp³-hybridized carbons (Fsp3) is 0.739. The van der Waals surface area contributed by atoms with Gasteiger partial charge in [-0.1, -0.05) is 172 Å². The van der Waals surface area contributed by atoms with Crippen LogP contribution in [0.15, 0.2) is 60.9 Å². The number of aliphatic carboxylic acids is 1. The number of carboxylic acid groups (broad SMARTS) is 1. The molecule has 10 nitrogen and oxygen atoms in total. The number of phosphoric acid groups is 1. The Morgan fingerprint density at radius 2 is 0.965 bits per heavy atom. The van der Waals surface area contributed by atoms with Crippen LogP contribution in [0.1, 0.15) is 187 Å². The van der Waals surface area contributed by atoms with Gasteiger partial charge in [-0.05, 0) is 63.9 Å². The third-order valence-corrected chi connectivity index (χ3v) is 10.3. The molecule has 0 aromatic rings. The van der Waals surface area contributed by atoms with Gasteiger partial charge < -0.3 is 25.2 Å². The number of allylic oxidation sites excluding steroid dienone is 9. The molecule has 0 rings (SSSR count). The van der Waals surface area contributed by atoms with Gasteiger partial charge in [0.2, 0.25) is 0 Å². The van der Waals surface area contributed by atoms with E-state index in [-0.39, 0.29) is 13.0 Å². The topological polar surface area (TPSA) is 155 Å². The molecule has 4 N–H and O–H groups in total. The molecule has 11 heteroatoms. The van der Waals surface area contributed by atoms with E-state index >= 15 is 0 Å². The van der Waals surface area contributed by atoms with Crippen LogP contribution in [-0.2, 0) is 32.7 Å². The molecule has 0 aliphatic heterocycles. The van der Waals surface area contributed by atoms with Crippen molar-refractivity contribution in [2.24, 2.45) is 5.73 Å². The third kappa shape index (κ3) is 41.5. The predicted molar refractivity (Wildman–Crippen MR) is 235 cm³/mol. The fourth-order valence-electron chi connectivity index (χ4n) is 5.86. The highest BCUT2D eigenvalue weighted by Gasteiger charge is 2.27. The lowest BCUT2D eigenvalue weighted by atomic mass is 10.0. The number of rotatable bonds is 42. The first-order chi connectivity index (χ1) is 27.7. The molecule has 0 aromatic heterocycles. The van der Waals surface area contributed by atoms with Gasteiger partial charge in [0, 0.05) is 6.42 Å². The summed E-state index contributed by atoms with van der Waals surface area (Å²) in [7, 11) is -4.65. The van der Waals surface area contributed by atoms with Crippen molar-refractivity contribution < 1.29 is 42.7 Å². The molecule has 0 radical (unpaired) electrons. The van der Waals surface area contributed by atoms with E-state index < -0.39 is 45.1 Å². The number of carboxylic acids is 1. The molecule has 0 bridgehead atoms. The maximum absolute atomic E-state index is 12.6. The highest BCUT2D eigenvalue weighted by molar-refractivity contribution is 7.47. The van der Waals surface area contributed by atoms with E-state index in [0.717, 1.165) is 44.9 Å². The Kier molecular flexibility index (Phi) is 39.8. The van der Waals surface area contributed by atoms with Gasteiger partial charge in [0.25, 0.3) is 0 Å². The van der Waals surface area contributed by atoms with Gasteiger partial charge in [0.1, 0.15) is 12.6 Å². The van der Waals surface area contributed by atoms with Gasteiger partial charge in [-0.2, -0.15) is 0 Å². The fourth-order valence-corrected chi connectivity index (χ4v) is 6.63. The Labute approximate surface area is 347 Å². The Bertz CT molecular complexity index is 1140. The number of esters is 1. The number of carbonyl (C=O) groups is 2. The number of hydrogen-bond donors (Lipinski definition) is 3. The maximum atomic E-state index is 12.6. The minimum atomic E-state index is -4.65. The molecule has 0 saturated carbocycles. The molecule has 0 fully saturated rings. The lowest BCUT2D eigenvalue weighted by Crippen LogP contribution is -2.34. The first-order valence-electron chi connectivity index (χ1n) is 22.4. The van der Waals surface area contributed by atoms with Crippen molar-refractivity contribution in [1.29, 1.82) is 0 Å². The first kappa shape index (κ1) is 54.5. The smallest absolute Gasteiger partial charge is 0.472 e. The monoisotopic (exact) mass is 824 g/mol. The van der Waals surface area contributed by atoms with Crippen LogP contribution < -0.4 is 5.73 Å². The minimum absolute atomic E-state index is 0.0903. The molecule has 57 heavy (non-hydrogen) atoms. The molecule has 0 spiro atoms. The molecule has 3 atom stereocenters. The summed E-state index contributed by atoms with van der Waals surface area (Å²) in [5.74, 6) is -1.87. The number of ether oxygens (including phenoxy) is 2. The molecule has 1 unspecified atom stereocenters. The summed E-state index contributed by atoms with van der Waals surface area (Å²) in [5.41, 5.74) is 5.35. The summed E-state index contributed by atoms with van der Waals surface area (Å²) in [6, 6.07) is -1.49. The van der Waals surface area contributed by atoms with Crippen LogP contribution in [-0.4, -0.2) is 53.9 Å². The van der Waals surface area contributed by atoms with E-state index in [1.165, 1.54) is 109 Å². The van der Waals surface area contributed by atoms with Gasteiger partial charge in [-0.25, -0.2) is 4.57 Å². The van der Waals surface area contributed by atoms with Crippen LogP contribution in [0.2, 0.25) is 0 Å². The molecule has 0 saturated heterocycles. The average molecular weight is 824 g/mol. The molecule has 0 aliphatic carbocycles. The van der Waals surface area contributed by atoms with Crippen molar-refractivity contribution in [3.8, 4) is 0 Å². The number of nitrogens with two attached hydrogens (primary N) is 1. The lowest BCUT2D eigenvalue weighted by molar-refractivity contribution is -0.153. The normalized spacial score (nSPS) is 14.4. The Balaban J connectivity index is 4.37. The van der Waals surface area contributed by atoms with Crippen molar-refractivity contribution in [2.45, 2.75) is 199 Å². The molecule has 0 aliphatic rings. The molecular weight excluding hydrogens is 741 g/mol. The molecular formula is C46H82NO9P. The standard InChI is InChI=1S/C46H82NO9P/c1-3-5-7-9-11-13-15-17-19-21-23-25-27-29-31-33-35-37-39-53-40-43(41-54-57(51,52)55-42-44(47)46(49)50)56-45(48)38-36-34-32-30-28-26-24-22-20-18-16-14-12-10-8-6-4-2/h12,14,18,20,24,26,30,32,37,39,43-44H,3-11,13,15-17,19,21-23,25,27-29,31,33-36,38,40-42,47H2,1-2H3,(H,49,50)(H,51,52)/b14-12-,20-18-,26-24-,32-30-,39-37-/t43-,44+/m1/s1. The SMILES string of the molecule is CCCCC/C=C\C/C=C\C/C=C\C/C=C\CCCC(=O)O[C@H](CO/C=C\CCCCCCCCCCCCCCCCCC)COP(=O)(O)OC[C@H](N)C(=O)O. The van der Waals surface area contributed by atoms with E-state index in [0.29, 0.717) is 12.8 Å². The van der Waals surface area contributed by atoms with Gasteiger partial charge in [-0.15, -0.1) is 0 Å². The maximum Gasteiger partial charge on any atom is 0.472 e. The molecule has 0 amide bonds. The van der Waals surface area contributed by atoms with Gasteiger partial charge >= 0.3 is 19.8 Å². The van der Waals surface area contributed by atoms with Crippen molar-refractivity contribution in [3.05, 3.63) is 60.9 Å². The van der Waals surface area contributed by atoms with Crippen LogP contribution in [0.3, 0.4) is 0 Å². The van der Waals surface area contributed by atoms with Crippen molar-refractivity contribution in [2.75, 3.05) is 19.8 Å². The van der Waals surface area contributed by atoms with E-state index in [4.69, 9.17) is 29.4 Å². The second-order valence-electron chi connectivity index (χ2n) is 14.9. The van der Waals surface area contributed by atoms with Gasteiger partial charge in [0.05, 0.1) is 19.5 Å². The number of unbranched alkanes of at least 4 members (excludes halogenated alkanes) is 20. The summed E-state index contributed by atoms with van der Waals surface area (Å²) in [6.45, 7) is 3.19. The first-order valence-corrected chi connectivity index (χ1v) is 23.9. The zero-order chi connectivity index (χ0) is 41.9. The summed E-state index contributed by atoms with van der Waals surface area (Å²) < 4.78 is 33.1. The second-order valence-corrected chi connectivity index (χ2v) is 16.3. The zero-order valence-corrected chi connectivity index (χ0v) is 36.8. The largest absolute Gasteiger partial charge is 0.498 e. The Morgan fingerprint density at radius 1 is 0.561 bits per heavy atom. The summed E-state index contributed by atoms with van der Waals surface area (Å²) in [5, 5.41) is 8.89. The highest BCUT2D eigenvalue weighted by atomic mass is 31.2. The van der Waals surface area contributed by atoms with Gasteiger partial charge in [-0.3, -0.25) is 18.6 Å². The van der Waals surface area contributed by atoms with Crippen LogP contribution in [0.5, 0.6) is 0 Å². The predicted octanol–water partition coefficient (Wildman–Crippen LogP) is 12.8. The van der Waals surface area contributed by atoms with Gasteiger partial charge in [0.15, 0.2) is 6.10 Å². The van der Waals surface area contributed by atoms with E-state index in [9.17, 15) is 19.0 Å². The quantitative estimate of drug-likeness (QED) is 0.0178. The van der Waals surface area contributed by atoms with Crippen LogP contribution in [0.4, 0.5) is 0 Å².